The first-order chi connectivity index (χ1) is 13.9. The smallest absolute Gasteiger partial charge is 0.416 e. The number of nitrogens with zero attached hydrogens (tertiary/aromatic N) is 1. The fourth-order valence-corrected chi connectivity index (χ4v) is 3.19. The molecule has 0 unspecified atom stereocenters. The number of alkyl halides is 6. The van der Waals surface area contributed by atoms with Crippen molar-refractivity contribution >= 4 is 6.03 Å². The Morgan fingerprint density at radius 3 is 2.40 bits per heavy atom. The summed E-state index contributed by atoms with van der Waals surface area (Å²) in [6.07, 6.45) is -7.78. The van der Waals surface area contributed by atoms with Crippen molar-refractivity contribution in [3.63, 3.8) is 0 Å². The van der Waals surface area contributed by atoms with Gasteiger partial charge in [-0.3, -0.25) is 4.98 Å². The number of carbonyl (C=O) groups is 1. The summed E-state index contributed by atoms with van der Waals surface area (Å²) in [5.41, 5.74) is -1.96. The number of hydrogen-bond donors (Lipinski definition) is 2. The van der Waals surface area contributed by atoms with Gasteiger partial charge in [-0.2, -0.15) is 26.3 Å². The number of pyridine rings is 1. The van der Waals surface area contributed by atoms with Crippen LogP contribution in [0.25, 0.3) is 0 Å². The van der Waals surface area contributed by atoms with Gasteiger partial charge in [0.15, 0.2) is 0 Å². The summed E-state index contributed by atoms with van der Waals surface area (Å²) in [6, 6.07) is 3.86. The molecule has 1 aliphatic heterocycles. The molecule has 2 amide bonds. The molecule has 0 saturated heterocycles. The Hall–Kier alpha value is -2.98. The van der Waals surface area contributed by atoms with Crippen LogP contribution in [0.2, 0.25) is 0 Å². The molecule has 0 radical (unpaired) electrons. The molecular formula is C19H17F6N3O2. The quantitative estimate of drug-likeness (QED) is 0.707. The van der Waals surface area contributed by atoms with Gasteiger partial charge in [-0.1, -0.05) is 12.1 Å². The largest absolute Gasteiger partial charge is 0.491 e. The third kappa shape index (κ3) is 4.29. The molecule has 11 heteroatoms. The minimum Gasteiger partial charge on any atom is -0.491 e. The Morgan fingerprint density at radius 1 is 1.13 bits per heavy atom. The maximum Gasteiger partial charge on any atom is 0.416 e. The lowest BCUT2D eigenvalue weighted by atomic mass is 9.81. The summed E-state index contributed by atoms with van der Waals surface area (Å²) in [5, 5.41) is 4.30. The number of aromatic nitrogens is 1. The summed E-state index contributed by atoms with van der Waals surface area (Å²) >= 11 is 0. The molecule has 3 rings (SSSR count). The monoisotopic (exact) mass is 433 g/mol. The lowest BCUT2D eigenvalue weighted by molar-refractivity contribution is -0.148. The van der Waals surface area contributed by atoms with E-state index in [-0.39, 0.29) is 30.0 Å². The molecule has 2 atom stereocenters. The average molecular weight is 433 g/mol. The van der Waals surface area contributed by atoms with Gasteiger partial charge in [0.2, 0.25) is 0 Å². The number of fused-ring (bicyclic) bond motifs is 1. The molecule has 0 bridgehead atoms. The van der Waals surface area contributed by atoms with E-state index >= 15 is 0 Å². The van der Waals surface area contributed by atoms with Gasteiger partial charge in [0.25, 0.3) is 0 Å². The lowest BCUT2D eigenvalue weighted by Gasteiger charge is -2.39. The summed E-state index contributed by atoms with van der Waals surface area (Å²) in [4.78, 5) is 16.6. The zero-order valence-electron chi connectivity index (χ0n) is 15.6. The number of ether oxygens (including phenoxy) is 1. The molecule has 0 aliphatic carbocycles. The van der Waals surface area contributed by atoms with Gasteiger partial charge in [-0.25, -0.2) is 4.79 Å². The molecule has 1 aromatic carbocycles. The second kappa shape index (κ2) is 7.69. The van der Waals surface area contributed by atoms with E-state index in [2.05, 4.69) is 10.3 Å². The van der Waals surface area contributed by atoms with Crippen LogP contribution in [0.15, 0.2) is 42.6 Å². The molecule has 2 heterocycles. The molecule has 30 heavy (non-hydrogen) atoms. The highest BCUT2D eigenvalue weighted by atomic mass is 19.4. The number of carbonyl (C=O) groups excluding carboxylic acids is 1. The van der Waals surface area contributed by atoms with Crippen LogP contribution in [0.3, 0.4) is 0 Å². The normalized spacial score (nSPS) is 20.0. The summed E-state index contributed by atoms with van der Waals surface area (Å²) < 4.78 is 82.8. The number of amides is 2. The van der Waals surface area contributed by atoms with Gasteiger partial charge in [-0.15, -0.1) is 0 Å². The van der Waals surface area contributed by atoms with E-state index in [9.17, 15) is 31.1 Å². The fourth-order valence-electron chi connectivity index (χ4n) is 3.19. The van der Waals surface area contributed by atoms with Crippen molar-refractivity contribution in [1.82, 2.24) is 15.6 Å². The van der Waals surface area contributed by atoms with Crippen LogP contribution in [0.5, 0.6) is 5.75 Å². The van der Waals surface area contributed by atoms with E-state index in [4.69, 9.17) is 4.74 Å². The van der Waals surface area contributed by atoms with Crippen LogP contribution in [-0.4, -0.2) is 29.8 Å². The fraction of sp³-hybridized carbons (Fsp3) is 0.368. The number of urea groups is 1. The van der Waals surface area contributed by atoms with Crippen LogP contribution < -0.4 is 15.4 Å². The van der Waals surface area contributed by atoms with Gasteiger partial charge in [-0.05, 0) is 36.8 Å². The van der Waals surface area contributed by atoms with E-state index in [1.165, 1.54) is 18.3 Å². The van der Waals surface area contributed by atoms with Crippen molar-refractivity contribution in [1.29, 1.82) is 0 Å². The van der Waals surface area contributed by atoms with Crippen molar-refractivity contribution in [2.75, 3.05) is 6.61 Å². The second-order valence-corrected chi connectivity index (χ2v) is 6.79. The van der Waals surface area contributed by atoms with Gasteiger partial charge in [0.1, 0.15) is 23.0 Å². The van der Waals surface area contributed by atoms with Crippen LogP contribution >= 0.6 is 0 Å². The van der Waals surface area contributed by atoms with Gasteiger partial charge < -0.3 is 15.4 Å². The SMILES string of the molecule is C[C@H](NC(=O)N[C@]1(c2ccc(C(F)(F)F)cc2)CCOc2cccnc21)C(F)(F)F. The molecule has 2 aromatic rings. The number of hydrogen-bond acceptors (Lipinski definition) is 3. The van der Waals surface area contributed by atoms with Crippen LogP contribution in [0.1, 0.15) is 30.2 Å². The van der Waals surface area contributed by atoms with Crippen LogP contribution in [-0.2, 0) is 11.7 Å². The Bertz CT molecular complexity index is 914. The number of halogens is 6. The van der Waals surface area contributed by atoms with E-state index in [0.717, 1.165) is 19.1 Å². The van der Waals surface area contributed by atoms with Gasteiger partial charge in [0, 0.05) is 12.6 Å². The first-order valence-corrected chi connectivity index (χ1v) is 8.85. The minimum atomic E-state index is -4.66. The third-order valence-corrected chi connectivity index (χ3v) is 4.78. The molecule has 0 fully saturated rings. The maximum absolute atomic E-state index is 12.9. The zero-order chi connectivity index (χ0) is 22.2. The Labute approximate surface area is 167 Å². The molecule has 162 valence electrons. The molecular weight excluding hydrogens is 416 g/mol. The molecule has 0 saturated carbocycles. The highest BCUT2D eigenvalue weighted by Gasteiger charge is 2.44. The van der Waals surface area contributed by atoms with Crippen molar-refractivity contribution < 1.29 is 35.9 Å². The van der Waals surface area contributed by atoms with Gasteiger partial charge >= 0.3 is 18.4 Å². The standard InChI is InChI=1S/C19H17F6N3O2/c1-11(18(20,21)22)27-16(29)28-17(8-10-30-14-3-2-9-26-15(14)17)12-4-6-13(7-5-12)19(23,24)25/h2-7,9,11H,8,10H2,1H3,(H2,27,28,29)/t11-,17-/m0/s1. The van der Waals surface area contributed by atoms with Crippen molar-refractivity contribution in [2.45, 2.75) is 37.3 Å². The Kier molecular flexibility index (Phi) is 5.57. The van der Waals surface area contributed by atoms with Crippen LogP contribution in [0.4, 0.5) is 31.1 Å². The van der Waals surface area contributed by atoms with Crippen molar-refractivity contribution in [3.8, 4) is 5.75 Å². The molecule has 1 aliphatic rings. The summed E-state index contributed by atoms with van der Waals surface area (Å²) in [6.45, 7) is 0.843. The third-order valence-electron chi connectivity index (χ3n) is 4.78. The number of benzene rings is 1. The number of nitrogens with one attached hydrogen (secondary N) is 2. The Morgan fingerprint density at radius 2 is 1.80 bits per heavy atom. The maximum atomic E-state index is 12.9. The van der Waals surface area contributed by atoms with E-state index in [0.29, 0.717) is 0 Å². The summed E-state index contributed by atoms with van der Waals surface area (Å²) in [7, 11) is 0. The molecule has 5 nitrogen and oxygen atoms in total. The van der Waals surface area contributed by atoms with Gasteiger partial charge in [0.05, 0.1) is 12.2 Å². The average Bonchev–Trinajstić information content (AvgIpc) is 2.67. The van der Waals surface area contributed by atoms with E-state index < -0.39 is 35.5 Å². The van der Waals surface area contributed by atoms with E-state index in [1.54, 1.807) is 17.4 Å². The highest BCUT2D eigenvalue weighted by Crippen LogP contribution is 2.41. The minimum absolute atomic E-state index is 0.0518. The summed E-state index contributed by atoms with van der Waals surface area (Å²) in [5.74, 6) is 0.271. The predicted molar refractivity (Wildman–Crippen MR) is 93.8 cm³/mol. The zero-order valence-corrected chi connectivity index (χ0v) is 15.6. The predicted octanol–water partition coefficient (Wildman–Crippen LogP) is 4.38. The first kappa shape index (κ1) is 21.7. The molecule has 2 N–H and O–H groups in total. The van der Waals surface area contributed by atoms with E-state index in [1.807, 2.05) is 0 Å². The van der Waals surface area contributed by atoms with Crippen molar-refractivity contribution in [2.24, 2.45) is 0 Å². The molecule has 1 aromatic heterocycles. The number of rotatable bonds is 3. The lowest BCUT2D eigenvalue weighted by Crippen LogP contribution is -2.56. The second-order valence-electron chi connectivity index (χ2n) is 6.79. The van der Waals surface area contributed by atoms with Crippen molar-refractivity contribution in [3.05, 3.63) is 59.4 Å². The Balaban J connectivity index is 2.02. The highest BCUT2D eigenvalue weighted by molar-refractivity contribution is 5.76. The first-order valence-electron chi connectivity index (χ1n) is 8.85. The molecule has 0 spiro atoms. The van der Waals surface area contributed by atoms with Crippen LogP contribution in [0, 0.1) is 0 Å². The topological polar surface area (TPSA) is 63.2 Å².